The number of benzene rings is 1. The molecule has 0 radical (unpaired) electrons. The van der Waals surface area contributed by atoms with Gasteiger partial charge < -0.3 is 10.1 Å². The van der Waals surface area contributed by atoms with Gasteiger partial charge in [-0.05, 0) is 48.8 Å². The Labute approximate surface area is 127 Å². The Morgan fingerprint density at radius 2 is 2.11 bits per heavy atom. The molecule has 1 unspecified atom stereocenters. The van der Waals surface area contributed by atoms with E-state index in [1.807, 2.05) is 20.8 Å². The van der Waals surface area contributed by atoms with Crippen LogP contribution in [0.1, 0.15) is 38.8 Å². The lowest BCUT2D eigenvalue weighted by molar-refractivity contribution is 0.00671. The molecule has 0 spiro atoms. The van der Waals surface area contributed by atoms with Crippen molar-refractivity contribution < 1.29 is 9.13 Å². The molecule has 1 atom stereocenters. The fraction of sp³-hybridized carbons (Fsp3) is 0.571. The minimum atomic E-state index is -0.381. The molecule has 19 heavy (non-hydrogen) atoms. The van der Waals surface area contributed by atoms with E-state index in [-0.39, 0.29) is 22.5 Å². The molecule has 0 bridgehead atoms. The summed E-state index contributed by atoms with van der Waals surface area (Å²) in [6, 6.07) is 3.39. The van der Waals surface area contributed by atoms with Gasteiger partial charge in [0.05, 0.1) is 10.6 Å². The van der Waals surface area contributed by atoms with Crippen LogP contribution < -0.4 is 5.32 Å². The summed E-state index contributed by atoms with van der Waals surface area (Å²) in [5, 5.41) is 3.40. The summed E-state index contributed by atoms with van der Waals surface area (Å²) in [6.07, 6.45) is 0.659. The second kappa shape index (κ2) is 7.02. The van der Waals surface area contributed by atoms with E-state index in [1.165, 1.54) is 0 Å². The molecule has 0 saturated carbocycles. The van der Waals surface area contributed by atoms with Crippen LogP contribution in [0.2, 0.25) is 5.02 Å². The SMILES string of the molecule is CCNC(CC(C)(C)OC)c1ccc(Br)c(Cl)c1F. The van der Waals surface area contributed by atoms with Crippen LogP contribution in [0.4, 0.5) is 4.39 Å². The lowest BCUT2D eigenvalue weighted by Gasteiger charge is -2.29. The molecule has 0 fully saturated rings. The Balaban J connectivity index is 3.09. The number of halogens is 3. The molecule has 1 aromatic carbocycles. The van der Waals surface area contributed by atoms with Gasteiger partial charge in [-0.3, -0.25) is 0 Å². The van der Waals surface area contributed by atoms with E-state index < -0.39 is 0 Å². The monoisotopic (exact) mass is 351 g/mol. The van der Waals surface area contributed by atoms with Crippen molar-refractivity contribution in [3.8, 4) is 0 Å². The first-order valence-corrected chi connectivity index (χ1v) is 7.41. The molecule has 108 valence electrons. The van der Waals surface area contributed by atoms with Crippen LogP contribution >= 0.6 is 27.5 Å². The molecule has 0 saturated heterocycles. The summed E-state index contributed by atoms with van der Waals surface area (Å²) >= 11 is 9.18. The van der Waals surface area contributed by atoms with Crippen LogP contribution in [-0.2, 0) is 4.74 Å². The molecule has 5 heteroatoms. The minimum Gasteiger partial charge on any atom is -0.379 e. The largest absolute Gasteiger partial charge is 0.379 e. The molecule has 1 rings (SSSR count). The van der Waals surface area contributed by atoms with Crippen molar-refractivity contribution in [1.82, 2.24) is 5.32 Å². The molecule has 0 amide bonds. The summed E-state index contributed by atoms with van der Waals surface area (Å²) in [4.78, 5) is 0. The van der Waals surface area contributed by atoms with E-state index in [0.717, 1.165) is 6.54 Å². The summed E-state index contributed by atoms with van der Waals surface area (Å²) in [5.74, 6) is -0.381. The number of nitrogens with one attached hydrogen (secondary N) is 1. The zero-order chi connectivity index (χ0) is 14.6. The molecule has 0 aliphatic heterocycles. The Morgan fingerprint density at radius 1 is 1.47 bits per heavy atom. The molecular formula is C14H20BrClFNO. The second-order valence-electron chi connectivity index (χ2n) is 5.04. The Hall–Kier alpha value is -0.160. The predicted molar refractivity (Wildman–Crippen MR) is 81.2 cm³/mol. The fourth-order valence-corrected chi connectivity index (χ4v) is 2.40. The molecule has 0 aliphatic carbocycles. The van der Waals surface area contributed by atoms with E-state index in [9.17, 15) is 4.39 Å². The quantitative estimate of drug-likeness (QED) is 0.749. The lowest BCUT2D eigenvalue weighted by atomic mass is 9.93. The predicted octanol–water partition coefficient (Wildman–Crippen LogP) is 4.71. The van der Waals surface area contributed by atoms with Crippen molar-refractivity contribution in [1.29, 1.82) is 0 Å². The highest BCUT2D eigenvalue weighted by Gasteiger charge is 2.26. The normalized spacial score (nSPS) is 13.6. The van der Waals surface area contributed by atoms with Gasteiger partial charge >= 0.3 is 0 Å². The number of hydrogen-bond donors (Lipinski definition) is 1. The summed E-state index contributed by atoms with van der Waals surface area (Å²) < 4.78 is 20.3. The molecular weight excluding hydrogens is 333 g/mol. The maximum absolute atomic E-state index is 14.3. The average Bonchev–Trinajstić information content (AvgIpc) is 2.35. The van der Waals surface area contributed by atoms with Crippen LogP contribution in [0.5, 0.6) is 0 Å². The van der Waals surface area contributed by atoms with Crippen molar-refractivity contribution in [2.24, 2.45) is 0 Å². The summed E-state index contributed by atoms with van der Waals surface area (Å²) in [6.45, 7) is 6.70. The van der Waals surface area contributed by atoms with Crippen molar-refractivity contribution in [2.75, 3.05) is 13.7 Å². The van der Waals surface area contributed by atoms with E-state index >= 15 is 0 Å². The Kier molecular flexibility index (Phi) is 6.24. The van der Waals surface area contributed by atoms with Gasteiger partial charge in [0.1, 0.15) is 5.82 Å². The third kappa shape index (κ3) is 4.42. The molecule has 0 aromatic heterocycles. The van der Waals surface area contributed by atoms with Gasteiger partial charge in [0, 0.05) is 23.2 Å². The van der Waals surface area contributed by atoms with E-state index in [0.29, 0.717) is 16.5 Å². The highest BCUT2D eigenvalue weighted by atomic mass is 79.9. The van der Waals surface area contributed by atoms with E-state index in [4.69, 9.17) is 16.3 Å². The summed E-state index contributed by atoms with van der Waals surface area (Å²) in [5.41, 5.74) is 0.235. The van der Waals surface area contributed by atoms with E-state index in [1.54, 1.807) is 19.2 Å². The molecule has 2 nitrogen and oxygen atoms in total. The molecule has 1 N–H and O–H groups in total. The van der Waals surface area contributed by atoms with Gasteiger partial charge in [-0.2, -0.15) is 0 Å². The Morgan fingerprint density at radius 3 is 2.63 bits per heavy atom. The molecule has 1 aromatic rings. The topological polar surface area (TPSA) is 21.3 Å². The first kappa shape index (κ1) is 16.9. The van der Waals surface area contributed by atoms with Crippen LogP contribution in [0.15, 0.2) is 16.6 Å². The minimum absolute atomic E-state index is 0.121. The van der Waals surface area contributed by atoms with Crippen molar-refractivity contribution in [3.05, 3.63) is 33.0 Å². The van der Waals surface area contributed by atoms with Gasteiger partial charge in [-0.15, -0.1) is 0 Å². The molecule has 0 heterocycles. The van der Waals surface area contributed by atoms with Gasteiger partial charge in [0.15, 0.2) is 0 Å². The van der Waals surface area contributed by atoms with Crippen molar-refractivity contribution in [2.45, 2.75) is 38.8 Å². The summed E-state index contributed by atoms with van der Waals surface area (Å²) in [7, 11) is 1.66. The Bertz CT molecular complexity index is 440. The lowest BCUT2D eigenvalue weighted by Crippen LogP contribution is -2.32. The van der Waals surface area contributed by atoms with Crippen LogP contribution in [-0.4, -0.2) is 19.3 Å². The van der Waals surface area contributed by atoms with Crippen molar-refractivity contribution >= 4 is 27.5 Å². The average molecular weight is 353 g/mol. The maximum atomic E-state index is 14.3. The van der Waals surface area contributed by atoms with Gasteiger partial charge in [0.25, 0.3) is 0 Å². The third-order valence-corrected chi connectivity index (χ3v) is 4.40. The van der Waals surface area contributed by atoms with Crippen LogP contribution in [0.25, 0.3) is 0 Å². The first-order valence-electron chi connectivity index (χ1n) is 6.24. The second-order valence-corrected chi connectivity index (χ2v) is 6.28. The third-order valence-electron chi connectivity index (χ3n) is 3.14. The number of methoxy groups -OCH3 is 1. The van der Waals surface area contributed by atoms with Gasteiger partial charge in [0.2, 0.25) is 0 Å². The molecule has 0 aliphatic rings. The highest BCUT2D eigenvalue weighted by molar-refractivity contribution is 9.10. The number of ether oxygens (including phenoxy) is 1. The standard InChI is InChI=1S/C14H20BrClFNO/c1-5-18-11(8-14(2,3)19-4)9-6-7-10(15)12(16)13(9)17/h6-7,11,18H,5,8H2,1-4H3. The van der Waals surface area contributed by atoms with Gasteiger partial charge in [-0.25, -0.2) is 4.39 Å². The maximum Gasteiger partial charge on any atom is 0.147 e. The highest BCUT2D eigenvalue weighted by Crippen LogP contribution is 2.33. The number of rotatable bonds is 6. The van der Waals surface area contributed by atoms with Crippen molar-refractivity contribution in [3.63, 3.8) is 0 Å². The van der Waals surface area contributed by atoms with Crippen LogP contribution in [0, 0.1) is 5.82 Å². The smallest absolute Gasteiger partial charge is 0.147 e. The zero-order valence-corrected chi connectivity index (χ0v) is 14.0. The fourth-order valence-electron chi connectivity index (χ4n) is 1.92. The first-order chi connectivity index (χ1) is 8.82. The number of hydrogen-bond acceptors (Lipinski definition) is 2. The zero-order valence-electron chi connectivity index (χ0n) is 11.7. The van der Waals surface area contributed by atoms with E-state index in [2.05, 4.69) is 21.2 Å². The van der Waals surface area contributed by atoms with Gasteiger partial charge in [-0.1, -0.05) is 24.6 Å². The van der Waals surface area contributed by atoms with Crippen LogP contribution in [0.3, 0.4) is 0 Å².